The highest BCUT2D eigenvalue weighted by molar-refractivity contribution is 6.30. The predicted molar refractivity (Wildman–Crippen MR) is 80.5 cm³/mol. The van der Waals surface area contributed by atoms with Crippen LogP contribution in [0.2, 0.25) is 5.02 Å². The maximum atomic E-state index is 13.7. The highest BCUT2D eigenvalue weighted by Gasteiger charge is 2.24. The molecule has 1 unspecified atom stereocenters. The third-order valence-corrected chi connectivity index (χ3v) is 3.43. The minimum Gasteiger partial charge on any atom is -0.395 e. The zero-order chi connectivity index (χ0) is 17.0. The van der Waals surface area contributed by atoms with E-state index in [0.717, 1.165) is 0 Å². The average Bonchev–Trinajstić information content (AvgIpc) is 2.94. The Hall–Kier alpha value is -2.19. The first-order valence-electron chi connectivity index (χ1n) is 6.80. The Morgan fingerprint density at radius 1 is 1.57 bits per heavy atom. The third-order valence-electron chi connectivity index (χ3n) is 3.13. The number of carbonyl (C=O) groups excluding carboxylic acids is 1. The lowest BCUT2D eigenvalue weighted by atomic mass is 10.1. The van der Waals surface area contributed by atoms with Gasteiger partial charge in [0.2, 0.25) is 5.89 Å². The van der Waals surface area contributed by atoms with Crippen LogP contribution in [-0.4, -0.2) is 46.4 Å². The van der Waals surface area contributed by atoms with E-state index in [4.69, 9.17) is 21.2 Å². The van der Waals surface area contributed by atoms with E-state index in [1.165, 1.54) is 24.1 Å². The topological polar surface area (TPSA) is 91.5 Å². The summed E-state index contributed by atoms with van der Waals surface area (Å²) in [6.07, 6.45) is 0. The Morgan fingerprint density at radius 3 is 2.87 bits per heavy atom. The van der Waals surface area contributed by atoms with E-state index in [-0.39, 0.29) is 24.0 Å². The Kier molecular flexibility index (Phi) is 5.51. The Balaban J connectivity index is 2.32. The fraction of sp³-hybridized carbons (Fsp3) is 0.357. The van der Waals surface area contributed by atoms with Gasteiger partial charge in [-0.05, 0) is 17.7 Å². The van der Waals surface area contributed by atoms with E-state index in [2.05, 4.69) is 15.5 Å². The lowest BCUT2D eigenvalue weighted by molar-refractivity contribution is 0.188. The van der Waals surface area contributed by atoms with Crippen LogP contribution < -0.4 is 5.32 Å². The largest absolute Gasteiger partial charge is 0.395 e. The molecule has 1 aromatic carbocycles. The number of aromatic nitrogens is 2. The Bertz CT molecular complexity index is 694. The van der Waals surface area contributed by atoms with Crippen LogP contribution in [0, 0.1) is 12.7 Å². The number of likely N-dealkylation sites (N-methyl/N-ethyl adjacent to an activating group) is 1. The minimum atomic E-state index is -0.812. The summed E-state index contributed by atoms with van der Waals surface area (Å²) in [5.74, 6) is -0.111. The molecule has 2 N–H and O–H groups in total. The summed E-state index contributed by atoms with van der Waals surface area (Å²) in [7, 11) is 1.52. The summed E-state index contributed by atoms with van der Waals surface area (Å²) in [6, 6.07) is 2.87. The van der Waals surface area contributed by atoms with Gasteiger partial charge in [-0.3, -0.25) is 0 Å². The van der Waals surface area contributed by atoms with Crippen molar-refractivity contribution in [3.63, 3.8) is 0 Å². The number of amides is 2. The zero-order valence-electron chi connectivity index (χ0n) is 12.6. The van der Waals surface area contributed by atoms with Crippen LogP contribution in [0.1, 0.15) is 23.3 Å². The summed E-state index contributed by atoms with van der Waals surface area (Å²) >= 11 is 5.68. The van der Waals surface area contributed by atoms with E-state index in [0.29, 0.717) is 11.5 Å². The second-order valence-corrected chi connectivity index (χ2v) is 5.28. The first kappa shape index (κ1) is 17.2. The van der Waals surface area contributed by atoms with Crippen molar-refractivity contribution in [2.45, 2.75) is 13.0 Å². The fourth-order valence-corrected chi connectivity index (χ4v) is 2.02. The van der Waals surface area contributed by atoms with Crippen LogP contribution >= 0.6 is 11.6 Å². The molecule has 0 saturated heterocycles. The molecular weight excluding hydrogens is 327 g/mol. The molecule has 23 heavy (non-hydrogen) atoms. The molecule has 1 atom stereocenters. The molecule has 7 nitrogen and oxygen atoms in total. The van der Waals surface area contributed by atoms with Crippen LogP contribution in [0.15, 0.2) is 22.7 Å². The number of carbonyl (C=O) groups is 1. The highest BCUT2D eigenvalue weighted by atomic mass is 35.5. The van der Waals surface area contributed by atoms with Gasteiger partial charge in [0.25, 0.3) is 0 Å². The molecule has 1 aromatic heterocycles. The first-order chi connectivity index (χ1) is 10.9. The van der Waals surface area contributed by atoms with Gasteiger partial charge in [0.05, 0.1) is 11.6 Å². The fourth-order valence-electron chi connectivity index (χ4n) is 1.91. The number of benzene rings is 1. The van der Waals surface area contributed by atoms with Crippen molar-refractivity contribution in [1.29, 1.82) is 0 Å². The second-order valence-electron chi connectivity index (χ2n) is 4.87. The zero-order valence-corrected chi connectivity index (χ0v) is 13.3. The Labute approximate surface area is 137 Å². The molecule has 9 heteroatoms. The predicted octanol–water partition coefficient (Wildman–Crippen LogP) is 1.89. The van der Waals surface area contributed by atoms with Gasteiger partial charge in [0.1, 0.15) is 11.9 Å². The van der Waals surface area contributed by atoms with Crippen LogP contribution in [0.4, 0.5) is 9.18 Å². The molecule has 124 valence electrons. The average molecular weight is 343 g/mol. The SMILES string of the molecule is Cc1nc(C(NC(=O)N(C)CCO)c2ccc(Cl)c(F)c2)no1. The van der Waals surface area contributed by atoms with Gasteiger partial charge in [-0.25, -0.2) is 9.18 Å². The van der Waals surface area contributed by atoms with Crippen LogP contribution in [0.3, 0.4) is 0 Å². The van der Waals surface area contributed by atoms with Crippen molar-refractivity contribution in [3.8, 4) is 0 Å². The summed E-state index contributed by atoms with van der Waals surface area (Å²) in [5, 5.41) is 15.3. The van der Waals surface area contributed by atoms with E-state index >= 15 is 0 Å². The standard InChI is InChI=1S/C14H16ClFN4O3/c1-8-17-13(19-23-8)12(18-14(22)20(2)5-6-21)9-3-4-10(15)11(16)7-9/h3-4,7,12,21H,5-6H2,1-2H3,(H,18,22). The Morgan fingerprint density at radius 2 is 2.30 bits per heavy atom. The van der Waals surface area contributed by atoms with Crippen LogP contribution in [-0.2, 0) is 0 Å². The number of nitrogens with zero attached hydrogens (tertiary/aromatic N) is 3. The molecule has 0 spiro atoms. The van der Waals surface area contributed by atoms with Gasteiger partial charge in [0, 0.05) is 20.5 Å². The van der Waals surface area contributed by atoms with Gasteiger partial charge in [0.15, 0.2) is 5.82 Å². The first-order valence-corrected chi connectivity index (χ1v) is 7.17. The maximum Gasteiger partial charge on any atom is 0.318 e. The lowest BCUT2D eigenvalue weighted by Gasteiger charge is -2.21. The number of aryl methyl sites for hydroxylation is 1. The van der Waals surface area contributed by atoms with Gasteiger partial charge < -0.3 is 19.8 Å². The van der Waals surface area contributed by atoms with Crippen molar-refractivity contribution in [1.82, 2.24) is 20.4 Å². The maximum absolute atomic E-state index is 13.7. The van der Waals surface area contributed by atoms with Gasteiger partial charge >= 0.3 is 6.03 Å². The summed E-state index contributed by atoms with van der Waals surface area (Å²) < 4.78 is 18.6. The molecule has 1 heterocycles. The number of hydrogen-bond donors (Lipinski definition) is 2. The van der Waals surface area contributed by atoms with Gasteiger partial charge in [-0.15, -0.1) is 0 Å². The molecule has 0 saturated carbocycles. The number of halogens is 2. The van der Waals surface area contributed by atoms with Crippen LogP contribution in [0.5, 0.6) is 0 Å². The van der Waals surface area contributed by atoms with E-state index in [9.17, 15) is 9.18 Å². The normalized spacial score (nSPS) is 12.0. The number of nitrogens with one attached hydrogen (secondary N) is 1. The quantitative estimate of drug-likeness (QED) is 0.865. The molecule has 0 aliphatic heterocycles. The number of aliphatic hydroxyl groups excluding tert-OH is 1. The molecule has 0 aliphatic rings. The minimum absolute atomic E-state index is 0.0273. The summed E-state index contributed by atoms with van der Waals surface area (Å²) in [5.41, 5.74) is 0.415. The third kappa shape index (κ3) is 4.17. The van der Waals surface area contributed by atoms with Gasteiger partial charge in [-0.1, -0.05) is 22.8 Å². The smallest absolute Gasteiger partial charge is 0.318 e. The summed E-state index contributed by atoms with van der Waals surface area (Å²) in [6.45, 7) is 1.58. The van der Waals surface area contributed by atoms with Crippen molar-refractivity contribution in [3.05, 3.63) is 46.3 Å². The van der Waals surface area contributed by atoms with Crippen LogP contribution in [0.25, 0.3) is 0 Å². The molecule has 2 amide bonds. The van der Waals surface area contributed by atoms with Crippen molar-refractivity contribution >= 4 is 17.6 Å². The number of hydrogen-bond acceptors (Lipinski definition) is 5. The van der Waals surface area contributed by atoms with Crippen molar-refractivity contribution < 1.29 is 18.8 Å². The molecule has 0 fully saturated rings. The van der Waals surface area contributed by atoms with Crippen molar-refractivity contribution in [2.24, 2.45) is 0 Å². The lowest BCUT2D eigenvalue weighted by Crippen LogP contribution is -2.41. The second kappa shape index (κ2) is 7.38. The molecule has 0 radical (unpaired) electrons. The molecule has 0 bridgehead atoms. The van der Waals surface area contributed by atoms with Gasteiger partial charge in [-0.2, -0.15) is 4.98 Å². The number of urea groups is 1. The number of rotatable bonds is 5. The van der Waals surface area contributed by atoms with E-state index in [1.54, 1.807) is 13.0 Å². The summed E-state index contributed by atoms with van der Waals surface area (Å²) in [4.78, 5) is 17.5. The molecule has 0 aliphatic carbocycles. The monoisotopic (exact) mass is 342 g/mol. The van der Waals surface area contributed by atoms with E-state index < -0.39 is 17.9 Å². The molecule has 2 rings (SSSR count). The highest BCUT2D eigenvalue weighted by Crippen LogP contribution is 2.24. The molecule has 2 aromatic rings. The number of aliphatic hydroxyl groups is 1. The van der Waals surface area contributed by atoms with Crippen molar-refractivity contribution in [2.75, 3.05) is 20.2 Å². The molecular formula is C14H16ClFN4O3. The van der Waals surface area contributed by atoms with E-state index in [1.807, 2.05) is 0 Å².